The predicted octanol–water partition coefficient (Wildman–Crippen LogP) is 9.45. The fraction of sp³-hybridized carbons (Fsp3) is 0.423. The molecule has 0 N–H and O–H groups in total. The van der Waals surface area contributed by atoms with Crippen LogP contribution in [-0.4, -0.2) is 0 Å². The van der Waals surface area contributed by atoms with E-state index in [1.807, 2.05) is 0 Å². The Morgan fingerprint density at radius 1 is 0.862 bits per heavy atom. The van der Waals surface area contributed by atoms with Crippen LogP contribution in [-0.2, 0) is 26.3 Å². The fourth-order valence-electron chi connectivity index (χ4n) is 3.69. The van der Waals surface area contributed by atoms with Crippen LogP contribution in [0.1, 0.15) is 82.6 Å². The molecular formula is C26H33Cl2Zr-. The van der Waals surface area contributed by atoms with Gasteiger partial charge in [-0.25, -0.2) is 0 Å². The van der Waals surface area contributed by atoms with E-state index in [1.165, 1.54) is 44.2 Å². The average Bonchev–Trinajstić information content (AvgIpc) is 3.06. The van der Waals surface area contributed by atoms with Crippen molar-refractivity contribution >= 4 is 27.8 Å². The van der Waals surface area contributed by atoms with E-state index < -0.39 is 20.8 Å². The van der Waals surface area contributed by atoms with Crippen LogP contribution in [0.5, 0.6) is 0 Å². The molecule has 0 aliphatic carbocycles. The van der Waals surface area contributed by atoms with Crippen LogP contribution in [0.25, 0.3) is 21.9 Å². The molecule has 3 rings (SSSR count). The molecular weight excluding hydrogens is 474 g/mol. The van der Waals surface area contributed by atoms with Gasteiger partial charge in [0.2, 0.25) is 0 Å². The Morgan fingerprint density at radius 2 is 1.38 bits per heavy atom. The summed E-state index contributed by atoms with van der Waals surface area (Å²) < 4.78 is 0. The van der Waals surface area contributed by atoms with Crippen LogP contribution in [0.3, 0.4) is 0 Å². The summed E-state index contributed by atoms with van der Waals surface area (Å²) in [5, 5.41) is 2.75. The van der Waals surface area contributed by atoms with Gasteiger partial charge >= 0.3 is 37.9 Å². The van der Waals surface area contributed by atoms with Crippen LogP contribution in [0, 0.1) is 6.92 Å². The third-order valence-corrected chi connectivity index (χ3v) is 5.56. The zero-order valence-electron chi connectivity index (χ0n) is 19.0. The summed E-state index contributed by atoms with van der Waals surface area (Å²) in [6, 6.07) is 16.5. The minimum atomic E-state index is -0.826. The molecule has 156 valence electrons. The van der Waals surface area contributed by atoms with E-state index in [-0.39, 0.29) is 5.41 Å². The molecule has 3 aromatic rings. The first-order chi connectivity index (χ1) is 13.5. The fourth-order valence-corrected chi connectivity index (χ4v) is 3.69. The Balaban J connectivity index is 0.000000941. The van der Waals surface area contributed by atoms with Gasteiger partial charge in [0, 0.05) is 0 Å². The summed E-state index contributed by atoms with van der Waals surface area (Å²) in [6.45, 7) is 18.3. The first kappa shape index (κ1) is 24.8. The first-order valence-corrected chi connectivity index (χ1v) is 16.6. The Morgan fingerprint density at radius 3 is 1.83 bits per heavy atom. The van der Waals surface area contributed by atoms with Crippen LogP contribution < -0.4 is 0 Å². The number of rotatable bonds is 3. The summed E-state index contributed by atoms with van der Waals surface area (Å²) in [6.07, 6.45) is 0. The summed E-state index contributed by atoms with van der Waals surface area (Å²) in [5.41, 5.74) is 8.60. The summed E-state index contributed by atoms with van der Waals surface area (Å²) in [4.78, 5) is 0. The molecule has 0 aromatic heterocycles. The second kappa shape index (κ2) is 10.2. The monoisotopic (exact) mass is 505 g/mol. The Hall–Kier alpha value is -0.487. The van der Waals surface area contributed by atoms with Gasteiger partial charge in [-0.15, -0.1) is 34.5 Å². The number of aryl methyl sites for hydroxylation is 1. The molecule has 0 fully saturated rings. The van der Waals surface area contributed by atoms with Crippen LogP contribution in [0.15, 0.2) is 42.5 Å². The number of hydrogen-bond acceptors (Lipinski definition) is 0. The van der Waals surface area contributed by atoms with Crippen molar-refractivity contribution in [3.63, 3.8) is 0 Å². The number of benzene rings is 2. The van der Waals surface area contributed by atoms with Gasteiger partial charge in [0.1, 0.15) is 0 Å². The number of fused-ring (bicyclic) bond motifs is 1. The van der Waals surface area contributed by atoms with Crippen molar-refractivity contribution in [2.45, 2.75) is 72.6 Å². The second-order valence-electron chi connectivity index (χ2n) is 9.52. The van der Waals surface area contributed by atoms with E-state index in [9.17, 15) is 0 Å². The van der Waals surface area contributed by atoms with Gasteiger partial charge in [0.15, 0.2) is 0 Å². The standard InChI is InChI=1S/C26H33.2ClH.Zr/c1-16(2)20-11-21(17(3)4)13-22(12-20)25-18(5)9-10-19-14-23(15-24(19)25)26(6,7)8;;;/h9-17H,1-8H3;2*1H;/q-1;;;+2/p-2. The van der Waals surface area contributed by atoms with Crippen LogP contribution in [0.4, 0.5) is 0 Å². The van der Waals surface area contributed by atoms with E-state index in [1.54, 1.807) is 0 Å². The van der Waals surface area contributed by atoms with Gasteiger partial charge in [0.05, 0.1) is 0 Å². The van der Waals surface area contributed by atoms with Crippen molar-refractivity contribution < 1.29 is 20.8 Å². The molecule has 0 amide bonds. The predicted molar refractivity (Wildman–Crippen MR) is 128 cm³/mol. The van der Waals surface area contributed by atoms with E-state index in [0.717, 1.165) is 0 Å². The molecule has 3 heteroatoms. The summed E-state index contributed by atoms with van der Waals surface area (Å²) in [5.74, 6) is 1.08. The quantitative estimate of drug-likeness (QED) is 0.310. The molecule has 0 aliphatic rings. The topological polar surface area (TPSA) is 0 Å². The van der Waals surface area contributed by atoms with Gasteiger partial charge < -0.3 is 0 Å². The number of hydrogen-bond donors (Lipinski definition) is 0. The van der Waals surface area contributed by atoms with Gasteiger partial charge in [-0.2, -0.15) is 6.07 Å². The van der Waals surface area contributed by atoms with Crippen LogP contribution in [0.2, 0.25) is 0 Å². The van der Waals surface area contributed by atoms with E-state index in [2.05, 4.69) is 97.9 Å². The van der Waals surface area contributed by atoms with Crippen molar-refractivity contribution in [1.29, 1.82) is 0 Å². The van der Waals surface area contributed by atoms with Crippen molar-refractivity contribution in [2.24, 2.45) is 0 Å². The Bertz CT molecular complexity index is 932. The summed E-state index contributed by atoms with van der Waals surface area (Å²) in [7, 11) is 9.87. The van der Waals surface area contributed by atoms with Crippen molar-refractivity contribution in [2.75, 3.05) is 0 Å². The van der Waals surface area contributed by atoms with Crippen LogP contribution >= 0.6 is 17.0 Å². The molecule has 3 aromatic carbocycles. The molecule has 0 aliphatic heterocycles. The SMILES string of the molecule is Cc1ccc2[cH-]c(C(C)(C)C)cc2c1-c1cc(C(C)C)cc(C(C)C)c1.[Cl][Zr][Cl]. The molecule has 0 unspecified atom stereocenters. The van der Waals surface area contributed by atoms with E-state index in [0.29, 0.717) is 11.8 Å². The third kappa shape index (κ3) is 6.03. The van der Waals surface area contributed by atoms with E-state index in [4.69, 9.17) is 17.0 Å². The average molecular weight is 508 g/mol. The molecule has 0 spiro atoms. The molecule has 0 radical (unpaired) electrons. The van der Waals surface area contributed by atoms with E-state index >= 15 is 0 Å². The van der Waals surface area contributed by atoms with Gasteiger partial charge in [-0.05, 0) is 40.9 Å². The molecule has 0 atom stereocenters. The summed E-state index contributed by atoms with van der Waals surface area (Å²) >= 11 is -0.826. The molecule has 0 saturated heterocycles. The molecule has 0 bridgehead atoms. The van der Waals surface area contributed by atoms with Crippen molar-refractivity contribution in [3.8, 4) is 11.1 Å². The molecule has 0 nitrogen and oxygen atoms in total. The normalized spacial score (nSPS) is 11.7. The van der Waals surface area contributed by atoms with Crippen molar-refractivity contribution in [3.05, 3.63) is 64.7 Å². The van der Waals surface area contributed by atoms with Gasteiger partial charge in [-0.3, -0.25) is 0 Å². The molecule has 0 saturated carbocycles. The van der Waals surface area contributed by atoms with Gasteiger partial charge in [0.25, 0.3) is 0 Å². The van der Waals surface area contributed by atoms with Gasteiger partial charge in [-0.1, -0.05) is 77.8 Å². The maximum absolute atomic E-state index is 4.93. The third-order valence-electron chi connectivity index (χ3n) is 5.56. The zero-order valence-corrected chi connectivity index (χ0v) is 22.9. The Kier molecular flexibility index (Phi) is 8.73. The zero-order chi connectivity index (χ0) is 21.9. The Labute approximate surface area is 196 Å². The molecule has 0 heterocycles. The second-order valence-corrected chi connectivity index (χ2v) is 13.3. The number of halogens is 2. The van der Waals surface area contributed by atoms with Crippen molar-refractivity contribution in [1.82, 2.24) is 0 Å². The maximum atomic E-state index is 4.93. The molecule has 29 heavy (non-hydrogen) atoms. The minimum absolute atomic E-state index is 0.174. The first-order valence-electron chi connectivity index (χ1n) is 10.3.